The number of hydrogen-bond donors (Lipinski definition) is 1. The quantitative estimate of drug-likeness (QED) is 0.419. The third-order valence-corrected chi connectivity index (χ3v) is 4.59. The molecule has 2 rings (SSSR count). The van der Waals surface area contributed by atoms with Gasteiger partial charge in [0, 0.05) is 13.1 Å². The van der Waals surface area contributed by atoms with E-state index in [2.05, 4.69) is 15.5 Å². The Hall–Kier alpha value is -2.63. The first-order valence-electron chi connectivity index (χ1n) is 8.13. The van der Waals surface area contributed by atoms with Crippen molar-refractivity contribution in [2.24, 2.45) is 0 Å². The van der Waals surface area contributed by atoms with Crippen LogP contribution >= 0.6 is 11.6 Å². The van der Waals surface area contributed by atoms with Crippen molar-refractivity contribution in [1.82, 2.24) is 24.9 Å². The van der Waals surface area contributed by atoms with Crippen molar-refractivity contribution in [3.05, 3.63) is 38.9 Å². The van der Waals surface area contributed by atoms with Gasteiger partial charge >= 0.3 is 11.9 Å². The van der Waals surface area contributed by atoms with Crippen LogP contribution in [0.15, 0.2) is 12.4 Å². The van der Waals surface area contributed by atoms with Gasteiger partial charge in [0.25, 0.3) is 0 Å². The number of amides is 1. The average Bonchev–Trinajstić information content (AvgIpc) is 3.19. The molecular formula is C15H18ClF3N6O3. The zero-order valence-electron chi connectivity index (χ0n) is 15.2. The van der Waals surface area contributed by atoms with Crippen LogP contribution in [0, 0.1) is 17.0 Å². The van der Waals surface area contributed by atoms with Gasteiger partial charge in [-0.25, -0.2) is 0 Å². The van der Waals surface area contributed by atoms with Crippen molar-refractivity contribution in [3.8, 4) is 0 Å². The van der Waals surface area contributed by atoms with Crippen LogP contribution in [-0.4, -0.2) is 36.9 Å². The van der Waals surface area contributed by atoms with Gasteiger partial charge in [-0.3, -0.25) is 24.3 Å². The van der Waals surface area contributed by atoms with Crippen LogP contribution < -0.4 is 5.32 Å². The Morgan fingerprint density at radius 2 is 2.04 bits per heavy atom. The number of alkyl halides is 3. The maximum absolute atomic E-state index is 12.8. The summed E-state index contributed by atoms with van der Waals surface area (Å²) < 4.78 is 40.8. The summed E-state index contributed by atoms with van der Waals surface area (Å²) in [6.07, 6.45) is -2.15. The lowest BCUT2D eigenvalue weighted by Gasteiger charge is -2.23. The molecule has 0 spiro atoms. The number of nitro groups is 1. The predicted octanol–water partition coefficient (Wildman–Crippen LogP) is 2.91. The summed E-state index contributed by atoms with van der Waals surface area (Å²) in [6.45, 7) is 4.77. The Balaban J connectivity index is 1.94. The number of halogens is 4. The highest BCUT2D eigenvalue weighted by Gasteiger charge is 2.38. The molecule has 0 saturated carbocycles. The monoisotopic (exact) mass is 422 g/mol. The lowest BCUT2D eigenvalue weighted by molar-refractivity contribution is -0.385. The molecule has 28 heavy (non-hydrogen) atoms. The lowest BCUT2D eigenvalue weighted by atomic mass is 10.1. The van der Waals surface area contributed by atoms with E-state index in [4.69, 9.17) is 11.6 Å². The molecule has 0 bridgehead atoms. The van der Waals surface area contributed by atoms with Crippen molar-refractivity contribution in [2.75, 3.05) is 6.54 Å². The van der Waals surface area contributed by atoms with E-state index in [9.17, 15) is 28.1 Å². The molecule has 0 aromatic carbocycles. The van der Waals surface area contributed by atoms with Crippen molar-refractivity contribution in [2.45, 2.75) is 45.5 Å². The number of hydrogen-bond acceptors (Lipinski definition) is 5. The maximum atomic E-state index is 12.8. The molecule has 0 aliphatic rings. The highest BCUT2D eigenvalue weighted by Crippen LogP contribution is 2.35. The molecule has 2 heterocycles. The van der Waals surface area contributed by atoms with Crippen molar-refractivity contribution >= 4 is 23.2 Å². The Morgan fingerprint density at radius 3 is 2.54 bits per heavy atom. The Morgan fingerprint density at radius 1 is 1.39 bits per heavy atom. The highest BCUT2D eigenvalue weighted by atomic mass is 35.5. The van der Waals surface area contributed by atoms with Gasteiger partial charge in [0.05, 0.1) is 15.6 Å². The second kappa shape index (κ2) is 7.78. The third kappa shape index (κ3) is 4.43. The second-order valence-corrected chi connectivity index (χ2v) is 6.92. The fraction of sp³-hybridized carbons (Fsp3) is 0.533. The average molecular weight is 423 g/mol. The fourth-order valence-electron chi connectivity index (χ4n) is 2.39. The van der Waals surface area contributed by atoms with Gasteiger partial charge in [0.2, 0.25) is 5.91 Å². The number of carbonyl (C=O) groups excluding carboxylic acids is 1. The minimum Gasteiger partial charge on any atom is -0.354 e. The number of nitrogens with one attached hydrogen (secondary N) is 1. The molecule has 13 heteroatoms. The van der Waals surface area contributed by atoms with Crippen LogP contribution in [0.2, 0.25) is 5.02 Å². The number of carbonyl (C=O) groups is 1. The summed E-state index contributed by atoms with van der Waals surface area (Å²) in [5.74, 6) is -0.448. The second-order valence-electron chi connectivity index (χ2n) is 6.54. The van der Waals surface area contributed by atoms with Crippen molar-refractivity contribution in [3.63, 3.8) is 0 Å². The molecule has 0 saturated heterocycles. The number of aryl methyl sites for hydroxylation is 1. The van der Waals surface area contributed by atoms with Crippen LogP contribution in [0.25, 0.3) is 0 Å². The molecule has 0 fully saturated rings. The van der Waals surface area contributed by atoms with Gasteiger partial charge < -0.3 is 5.32 Å². The summed E-state index contributed by atoms with van der Waals surface area (Å²) in [5, 5.41) is 20.2. The summed E-state index contributed by atoms with van der Waals surface area (Å²) in [6, 6.07) is 0. The first-order chi connectivity index (χ1) is 12.9. The van der Waals surface area contributed by atoms with E-state index in [0.717, 1.165) is 17.1 Å². The van der Waals surface area contributed by atoms with Gasteiger partial charge in [-0.1, -0.05) is 11.6 Å². The lowest BCUT2D eigenvalue weighted by Crippen LogP contribution is -2.45. The highest BCUT2D eigenvalue weighted by molar-refractivity contribution is 6.31. The normalized spacial score (nSPS) is 12.2. The fourth-order valence-corrected chi connectivity index (χ4v) is 2.63. The predicted molar refractivity (Wildman–Crippen MR) is 92.8 cm³/mol. The van der Waals surface area contributed by atoms with Crippen LogP contribution in [0.3, 0.4) is 0 Å². The van der Waals surface area contributed by atoms with Crippen LogP contribution in [0.4, 0.5) is 18.9 Å². The Kier molecular flexibility index (Phi) is 6.02. The van der Waals surface area contributed by atoms with Crippen molar-refractivity contribution < 1.29 is 22.9 Å². The standard InChI is InChI=1S/C15H18ClF3N6O3/c1-9-11(16)12(15(17,18)19)22-23(9)6-4-5-20-13(26)14(2,3)24-8-10(7-21-24)25(27)28/h7-8H,4-6H2,1-3H3,(H,20,26). The first kappa shape index (κ1) is 21.7. The first-order valence-corrected chi connectivity index (χ1v) is 8.51. The minimum absolute atomic E-state index is 0.121. The van der Waals surface area contributed by atoms with Crippen molar-refractivity contribution in [1.29, 1.82) is 0 Å². The molecule has 2 aromatic heterocycles. The topological polar surface area (TPSA) is 108 Å². The summed E-state index contributed by atoms with van der Waals surface area (Å²) in [5.41, 5.74) is -2.39. The SMILES string of the molecule is Cc1c(Cl)c(C(F)(F)F)nn1CCCNC(=O)C(C)(C)n1cc([N+](=O)[O-])cn1. The smallest absolute Gasteiger partial charge is 0.354 e. The zero-order valence-corrected chi connectivity index (χ0v) is 16.0. The molecule has 0 aliphatic heterocycles. The van der Waals surface area contributed by atoms with E-state index in [1.807, 2.05) is 0 Å². The molecule has 0 atom stereocenters. The zero-order chi connectivity index (χ0) is 21.3. The van der Waals surface area contributed by atoms with E-state index in [0.29, 0.717) is 6.42 Å². The van der Waals surface area contributed by atoms with Crippen LogP contribution in [0.5, 0.6) is 0 Å². The van der Waals surface area contributed by atoms with E-state index in [-0.39, 0.29) is 24.5 Å². The molecule has 0 unspecified atom stereocenters. The number of rotatable bonds is 7. The van der Waals surface area contributed by atoms with Gasteiger partial charge in [0.15, 0.2) is 5.69 Å². The Bertz CT molecular complexity index is 890. The van der Waals surface area contributed by atoms with Gasteiger partial charge in [-0.2, -0.15) is 23.4 Å². The molecule has 1 amide bonds. The molecule has 2 aromatic rings. The van der Waals surface area contributed by atoms with Gasteiger partial charge in [-0.15, -0.1) is 0 Å². The molecule has 9 nitrogen and oxygen atoms in total. The Labute approximate surface area is 162 Å². The summed E-state index contributed by atoms with van der Waals surface area (Å²) in [7, 11) is 0. The largest absolute Gasteiger partial charge is 0.436 e. The molecule has 0 radical (unpaired) electrons. The van der Waals surface area contributed by atoms with Gasteiger partial charge in [0.1, 0.15) is 17.9 Å². The van der Waals surface area contributed by atoms with E-state index >= 15 is 0 Å². The maximum Gasteiger partial charge on any atom is 0.436 e. The molecule has 154 valence electrons. The molecular weight excluding hydrogens is 405 g/mol. The summed E-state index contributed by atoms with van der Waals surface area (Å²) >= 11 is 5.68. The third-order valence-electron chi connectivity index (χ3n) is 4.14. The minimum atomic E-state index is -4.64. The number of aromatic nitrogens is 4. The van der Waals surface area contributed by atoms with Crippen LogP contribution in [0.1, 0.15) is 31.7 Å². The van der Waals surface area contributed by atoms with E-state index < -0.39 is 33.3 Å². The van der Waals surface area contributed by atoms with E-state index in [1.165, 1.54) is 25.5 Å². The van der Waals surface area contributed by atoms with E-state index in [1.54, 1.807) is 0 Å². The van der Waals surface area contributed by atoms with Gasteiger partial charge in [-0.05, 0) is 27.2 Å². The van der Waals surface area contributed by atoms with Crippen LogP contribution in [-0.2, 0) is 23.1 Å². The number of nitrogens with zero attached hydrogens (tertiary/aromatic N) is 5. The molecule has 0 aliphatic carbocycles. The summed E-state index contributed by atoms with van der Waals surface area (Å²) in [4.78, 5) is 22.5. The molecule has 1 N–H and O–H groups in total.